The van der Waals surface area contributed by atoms with E-state index in [0.717, 1.165) is 4.47 Å². The van der Waals surface area contributed by atoms with Gasteiger partial charge in [0.05, 0.1) is 16.6 Å². The zero-order chi connectivity index (χ0) is 11.9. The first kappa shape index (κ1) is 11.6. The maximum atomic E-state index is 12.0. The van der Waals surface area contributed by atoms with Crippen molar-refractivity contribution >= 4 is 31.7 Å². The molecule has 0 spiro atoms. The first-order valence-electron chi connectivity index (χ1n) is 4.65. The van der Waals surface area contributed by atoms with Crippen LogP contribution in [-0.4, -0.2) is 24.7 Å². The third-order valence-electron chi connectivity index (χ3n) is 2.62. The molecule has 1 aliphatic heterocycles. The van der Waals surface area contributed by atoms with Crippen molar-refractivity contribution in [3.05, 3.63) is 28.2 Å². The molecule has 1 aliphatic rings. The molecule has 1 N–H and O–H groups in total. The Labute approximate surface area is 101 Å². The topological polar surface area (TPSA) is 71.4 Å². The highest BCUT2D eigenvalue weighted by molar-refractivity contribution is 9.10. The lowest BCUT2D eigenvalue weighted by molar-refractivity contribution is -0.137. The number of fused-ring (bicyclic) bond motifs is 1. The molecule has 0 aromatic heterocycles. The van der Waals surface area contributed by atoms with Crippen LogP contribution < -0.4 is 0 Å². The molecular weight excluding hydrogens is 296 g/mol. The van der Waals surface area contributed by atoms with Crippen molar-refractivity contribution in [1.82, 2.24) is 0 Å². The largest absolute Gasteiger partial charge is 0.481 e. The van der Waals surface area contributed by atoms with E-state index in [1.165, 1.54) is 6.07 Å². The molecule has 86 valence electrons. The quantitative estimate of drug-likeness (QED) is 0.901. The monoisotopic (exact) mass is 304 g/mol. The van der Waals surface area contributed by atoms with Crippen molar-refractivity contribution in [2.45, 2.75) is 23.0 Å². The first-order chi connectivity index (χ1) is 7.41. The van der Waals surface area contributed by atoms with Gasteiger partial charge in [-0.25, -0.2) is 8.42 Å². The van der Waals surface area contributed by atoms with Crippen molar-refractivity contribution in [3.63, 3.8) is 0 Å². The van der Waals surface area contributed by atoms with E-state index in [9.17, 15) is 13.2 Å². The minimum atomic E-state index is -3.46. The lowest BCUT2D eigenvalue weighted by Crippen LogP contribution is -2.20. The smallest absolute Gasteiger partial charge is 0.304 e. The number of rotatable bonds is 2. The molecule has 1 aromatic rings. The molecule has 1 atom stereocenters. The third kappa shape index (κ3) is 1.87. The summed E-state index contributed by atoms with van der Waals surface area (Å²) < 4.78 is 24.7. The van der Waals surface area contributed by atoms with Gasteiger partial charge in [0.15, 0.2) is 9.84 Å². The van der Waals surface area contributed by atoms with Crippen LogP contribution in [0.3, 0.4) is 0 Å². The van der Waals surface area contributed by atoms with Crippen molar-refractivity contribution in [3.8, 4) is 0 Å². The van der Waals surface area contributed by atoms with Gasteiger partial charge in [0.25, 0.3) is 0 Å². The Kier molecular flexibility index (Phi) is 2.79. The lowest BCUT2D eigenvalue weighted by atomic mass is 10.1. The van der Waals surface area contributed by atoms with Crippen LogP contribution in [0.1, 0.15) is 12.0 Å². The van der Waals surface area contributed by atoms with Crippen LogP contribution in [0.2, 0.25) is 0 Å². The average Bonchev–Trinajstić information content (AvgIpc) is 2.37. The average molecular weight is 305 g/mol. The number of carbonyl (C=O) groups is 1. The zero-order valence-electron chi connectivity index (χ0n) is 8.18. The number of hydrogen-bond acceptors (Lipinski definition) is 3. The van der Waals surface area contributed by atoms with E-state index in [4.69, 9.17) is 5.11 Å². The van der Waals surface area contributed by atoms with Gasteiger partial charge in [0.1, 0.15) is 0 Å². The van der Waals surface area contributed by atoms with Crippen LogP contribution in [0.25, 0.3) is 0 Å². The Balaban J connectivity index is 2.45. The van der Waals surface area contributed by atoms with Crippen molar-refractivity contribution in [2.75, 3.05) is 0 Å². The van der Waals surface area contributed by atoms with Crippen LogP contribution >= 0.6 is 15.9 Å². The number of carboxylic acids is 1. The fourth-order valence-corrected chi connectivity index (χ4v) is 4.19. The van der Waals surface area contributed by atoms with E-state index in [1.54, 1.807) is 12.1 Å². The highest BCUT2D eigenvalue weighted by Gasteiger charge is 2.38. The third-order valence-corrected chi connectivity index (χ3v) is 5.33. The Hall–Kier alpha value is -0.880. The summed E-state index contributed by atoms with van der Waals surface area (Å²) in [5, 5.41) is 7.84. The molecule has 0 saturated carbocycles. The molecule has 16 heavy (non-hydrogen) atoms. The molecule has 0 aliphatic carbocycles. The lowest BCUT2D eigenvalue weighted by Gasteiger charge is -2.04. The normalized spacial score (nSPS) is 21.7. The maximum absolute atomic E-state index is 12.0. The van der Waals surface area contributed by atoms with Gasteiger partial charge in [0.2, 0.25) is 0 Å². The standard InChI is InChI=1S/C10H9BrO4S/c11-7-1-2-9-6(3-7)4-8(5-10(12)13)16(9,14)15/h1-3,8H,4-5H2,(H,12,13). The van der Waals surface area contributed by atoms with Gasteiger partial charge in [0, 0.05) is 4.47 Å². The first-order valence-corrected chi connectivity index (χ1v) is 6.99. The summed E-state index contributed by atoms with van der Waals surface area (Å²) in [6.45, 7) is 0. The predicted molar refractivity (Wildman–Crippen MR) is 61.1 cm³/mol. The minimum absolute atomic E-state index is 0.266. The number of aliphatic carboxylic acids is 1. The molecule has 0 bridgehead atoms. The minimum Gasteiger partial charge on any atom is -0.481 e. The second kappa shape index (κ2) is 3.85. The Morgan fingerprint density at radius 2 is 2.19 bits per heavy atom. The highest BCUT2D eigenvalue weighted by atomic mass is 79.9. The summed E-state index contributed by atoms with van der Waals surface area (Å²) >= 11 is 3.26. The molecule has 2 rings (SSSR count). The highest BCUT2D eigenvalue weighted by Crippen LogP contribution is 2.34. The summed E-state index contributed by atoms with van der Waals surface area (Å²) in [6, 6.07) is 4.91. The number of carboxylic acid groups (broad SMARTS) is 1. The van der Waals surface area contributed by atoms with Crippen LogP contribution in [0, 0.1) is 0 Å². The van der Waals surface area contributed by atoms with E-state index in [2.05, 4.69) is 15.9 Å². The second-order valence-corrected chi connectivity index (χ2v) is 6.83. The molecule has 1 heterocycles. The predicted octanol–water partition coefficient (Wildman–Crippen LogP) is 1.62. The number of sulfone groups is 1. The van der Waals surface area contributed by atoms with Crippen LogP contribution in [-0.2, 0) is 21.1 Å². The van der Waals surface area contributed by atoms with E-state index in [0.29, 0.717) is 5.56 Å². The van der Waals surface area contributed by atoms with E-state index < -0.39 is 21.1 Å². The summed E-state index contributed by atoms with van der Waals surface area (Å²) in [6.07, 6.45) is -0.0575. The van der Waals surface area contributed by atoms with Crippen LogP contribution in [0.5, 0.6) is 0 Å². The molecule has 0 fully saturated rings. The van der Waals surface area contributed by atoms with E-state index in [1.807, 2.05) is 0 Å². The van der Waals surface area contributed by atoms with Gasteiger partial charge >= 0.3 is 5.97 Å². The summed E-state index contributed by atoms with van der Waals surface area (Å²) in [5.41, 5.74) is 0.695. The Morgan fingerprint density at radius 1 is 1.50 bits per heavy atom. The molecule has 1 unspecified atom stereocenters. The molecule has 0 amide bonds. The fraction of sp³-hybridized carbons (Fsp3) is 0.300. The zero-order valence-corrected chi connectivity index (χ0v) is 10.6. The fourth-order valence-electron chi connectivity index (χ4n) is 1.90. The number of hydrogen-bond donors (Lipinski definition) is 1. The van der Waals surface area contributed by atoms with Crippen LogP contribution in [0.4, 0.5) is 0 Å². The molecular formula is C10H9BrO4S. The van der Waals surface area contributed by atoms with Gasteiger partial charge in [-0.1, -0.05) is 15.9 Å². The molecule has 0 radical (unpaired) electrons. The molecule has 4 nitrogen and oxygen atoms in total. The SMILES string of the molecule is O=C(O)CC1Cc2cc(Br)ccc2S1(=O)=O. The van der Waals surface area contributed by atoms with Crippen molar-refractivity contribution in [1.29, 1.82) is 0 Å². The van der Waals surface area contributed by atoms with Crippen molar-refractivity contribution in [2.24, 2.45) is 0 Å². The van der Waals surface area contributed by atoms with Gasteiger partial charge in [-0.2, -0.15) is 0 Å². The summed E-state index contributed by atoms with van der Waals surface area (Å²) in [7, 11) is -3.46. The Bertz CT molecular complexity index is 550. The molecule has 0 saturated heterocycles. The van der Waals surface area contributed by atoms with E-state index >= 15 is 0 Å². The summed E-state index contributed by atoms with van der Waals surface area (Å²) in [4.78, 5) is 10.9. The summed E-state index contributed by atoms with van der Waals surface area (Å²) in [5.74, 6) is -1.08. The molecule has 6 heteroatoms. The van der Waals surface area contributed by atoms with Gasteiger partial charge in [-0.05, 0) is 30.2 Å². The number of benzene rings is 1. The number of halogens is 1. The van der Waals surface area contributed by atoms with Gasteiger partial charge in [-0.3, -0.25) is 4.79 Å². The maximum Gasteiger partial charge on any atom is 0.304 e. The molecule has 1 aromatic carbocycles. The van der Waals surface area contributed by atoms with E-state index in [-0.39, 0.29) is 17.7 Å². The second-order valence-electron chi connectivity index (χ2n) is 3.72. The van der Waals surface area contributed by atoms with Gasteiger partial charge in [-0.15, -0.1) is 0 Å². The van der Waals surface area contributed by atoms with Crippen LogP contribution in [0.15, 0.2) is 27.6 Å². The van der Waals surface area contributed by atoms with Gasteiger partial charge < -0.3 is 5.11 Å². The van der Waals surface area contributed by atoms with Crippen molar-refractivity contribution < 1.29 is 18.3 Å². The Morgan fingerprint density at radius 3 is 2.81 bits per heavy atom.